The molecule has 27 heavy (non-hydrogen) atoms. The number of benzene rings is 2. The zero-order valence-electron chi connectivity index (χ0n) is 14.7. The number of aromatic nitrogens is 4. The molecule has 136 valence electrons. The Kier molecular flexibility index (Phi) is 3.75. The van der Waals surface area contributed by atoms with Crippen molar-refractivity contribution in [1.29, 1.82) is 0 Å². The summed E-state index contributed by atoms with van der Waals surface area (Å²) in [4.78, 5) is 16.1. The minimum Gasteiger partial charge on any atom is -0.454 e. The fraction of sp³-hybridized carbons (Fsp3) is 0.250. The highest BCUT2D eigenvalue weighted by atomic mass is 19.1. The molecule has 7 heteroatoms. The highest BCUT2D eigenvalue weighted by molar-refractivity contribution is 5.82. The second kappa shape index (κ2) is 6.28. The van der Waals surface area contributed by atoms with Crippen LogP contribution in [-0.2, 0) is 4.74 Å². The van der Waals surface area contributed by atoms with E-state index < -0.39 is 5.82 Å². The molecule has 1 aliphatic rings. The normalized spacial score (nSPS) is 17.0. The van der Waals surface area contributed by atoms with Crippen molar-refractivity contribution in [1.82, 2.24) is 19.9 Å². The SMILES string of the molecule is Cc1nc2c(F)c(Oc3ccc4nccnc4c3C3CCOC3)ccc2[nH]1. The molecule has 0 radical (unpaired) electrons. The molecule has 5 rings (SSSR count). The lowest BCUT2D eigenvalue weighted by Gasteiger charge is -2.17. The number of hydrogen-bond acceptors (Lipinski definition) is 5. The number of aryl methyl sites for hydroxylation is 1. The molecule has 3 heterocycles. The van der Waals surface area contributed by atoms with E-state index in [0.717, 1.165) is 23.0 Å². The summed E-state index contributed by atoms with van der Waals surface area (Å²) in [5, 5.41) is 0. The molecule has 1 unspecified atom stereocenters. The Balaban J connectivity index is 1.65. The van der Waals surface area contributed by atoms with E-state index in [1.54, 1.807) is 31.5 Å². The summed E-state index contributed by atoms with van der Waals surface area (Å²) in [7, 11) is 0. The van der Waals surface area contributed by atoms with Crippen molar-refractivity contribution in [2.75, 3.05) is 13.2 Å². The summed E-state index contributed by atoms with van der Waals surface area (Å²) >= 11 is 0. The third kappa shape index (κ3) is 2.71. The first kappa shape index (κ1) is 16.1. The Bertz CT molecular complexity index is 1150. The van der Waals surface area contributed by atoms with Crippen LogP contribution in [0, 0.1) is 12.7 Å². The standard InChI is InChI=1S/C20H17FN4O2/c1-11-24-14-3-5-16(18(21)20(14)25-11)27-15-4-2-13-19(23-8-7-22-13)17(15)12-6-9-26-10-12/h2-5,7-8,12H,6,9-10H2,1H3,(H,24,25). The summed E-state index contributed by atoms with van der Waals surface area (Å²) in [6, 6.07) is 7.05. The molecule has 1 aliphatic heterocycles. The van der Waals surface area contributed by atoms with Gasteiger partial charge in [-0.2, -0.15) is 0 Å². The van der Waals surface area contributed by atoms with Gasteiger partial charge in [-0.05, 0) is 37.6 Å². The van der Waals surface area contributed by atoms with Crippen LogP contribution in [0.4, 0.5) is 4.39 Å². The average Bonchev–Trinajstić information content (AvgIpc) is 3.33. The van der Waals surface area contributed by atoms with Crippen LogP contribution < -0.4 is 4.74 Å². The maximum absolute atomic E-state index is 14.9. The predicted molar refractivity (Wildman–Crippen MR) is 98.6 cm³/mol. The van der Waals surface area contributed by atoms with E-state index in [0.29, 0.717) is 30.3 Å². The number of nitrogens with one attached hydrogen (secondary N) is 1. The van der Waals surface area contributed by atoms with Crippen LogP contribution in [0.2, 0.25) is 0 Å². The Morgan fingerprint density at radius 3 is 2.81 bits per heavy atom. The van der Waals surface area contributed by atoms with Gasteiger partial charge in [0, 0.05) is 30.5 Å². The lowest BCUT2D eigenvalue weighted by molar-refractivity contribution is 0.193. The lowest BCUT2D eigenvalue weighted by Crippen LogP contribution is -2.04. The minimum atomic E-state index is -0.482. The number of imidazole rings is 1. The number of halogens is 1. The monoisotopic (exact) mass is 364 g/mol. The fourth-order valence-corrected chi connectivity index (χ4v) is 3.63. The molecule has 0 saturated carbocycles. The fourth-order valence-electron chi connectivity index (χ4n) is 3.63. The molecule has 0 amide bonds. The first-order valence-electron chi connectivity index (χ1n) is 8.85. The van der Waals surface area contributed by atoms with Gasteiger partial charge >= 0.3 is 0 Å². The minimum absolute atomic E-state index is 0.136. The van der Waals surface area contributed by atoms with Gasteiger partial charge in [-0.15, -0.1) is 0 Å². The van der Waals surface area contributed by atoms with Crippen LogP contribution in [0.15, 0.2) is 36.7 Å². The van der Waals surface area contributed by atoms with Gasteiger partial charge in [-0.1, -0.05) is 0 Å². The van der Waals surface area contributed by atoms with Crippen molar-refractivity contribution < 1.29 is 13.9 Å². The molecular weight excluding hydrogens is 347 g/mol. The number of H-pyrrole nitrogens is 1. The molecule has 0 spiro atoms. The van der Waals surface area contributed by atoms with Crippen LogP contribution in [0.5, 0.6) is 11.5 Å². The van der Waals surface area contributed by atoms with Gasteiger partial charge in [-0.3, -0.25) is 9.97 Å². The topological polar surface area (TPSA) is 72.9 Å². The molecular formula is C20H17FN4O2. The number of aromatic amines is 1. The van der Waals surface area contributed by atoms with Crippen molar-refractivity contribution in [3.63, 3.8) is 0 Å². The maximum atomic E-state index is 14.9. The van der Waals surface area contributed by atoms with E-state index in [4.69, 9.17) is 9.47 Å². The van der Waals surface area contributed by atoms with Crippen molar-refractivity contribution in [3.05, 3.63) is 53.9 Å². The molecule has 0 aliphatic carbocycles. The summed E-state index contributed by atoms with van der Waals surface area (Å²) in [6.07, 6.45) is 4.18. The summed E-state index contributed by atoms with van der Waals surface area (Å²) in [5.41, 5.74) is 3.38. The average molecular weight is 364 g/mol. The number of ether oxygens (including phenoxy) is 2. The van der Waals surface area contributed by atoms with Gasteiger partial charge in [0.25, 0.3) is 0 Å². The molecule has 0 bridgehead atoms. The van der Waals surface area contributed by atoms with Gasteiger partial charge < -0.3 is 14.5 Å². The quantitative estimate of drug-likeness (QED) is 0.588. The van der Waals surface area contributed by atoms with Gasteiger partial charge in [0.2, 0.25) is 0 Å². The highest BCUT2D eigenvalue weighted by Crippen LogP contribution is 2.39. The molecule has 1 N–H and O–H groups in total. The van der Waals surface area contributed by atoms with Gasteiger partial charge in [0.1, 0.15) is 17.1 Å². The molecule has 2 aromatic carbocycles. The Morgan fingerprint density at radius 2 is 1.96 bits per heavy atom. The number of rotatable bonds is 3. The molecule has 1 fully saturated rings. The first-order valence-corrected chi connectivity index (χ1v) is 8.85. The van der Waals surface area contributed by atoms with Crippen LogP contribution in [0.1, 0.15) is 23.7 Å². The molecule has 4 aromatic rings. The van der Waals surface area contributed by atoms with Gasteiger partial charge in [-0.25, -0.2) is 9.37 Å². The zero-order valence-corrected chi connectivity index (χ0v) is 14.7. The third-order valence-corrected chi connectivity index (χ3v) is 4.87. The van der Waals surface area contributed by atoms with E-state index in [9.17, 15) is 4.39 Å². The number of fused-ring (bicyclic) bond motifs is 2. The van der Waals surface area contributed by atoms with E-state index in [1.165, 1.54) is 0 Å². The van der Waals surface area contributed by atoms with Gasteiger partial charge in [0.05, 0.1) is 23.2 Å². The van der Waals surface area contributed by atoms with E-state index in [2.05, 4.69) is 19.9 Å². The predicted octanol–water partition coefficient (Wildman–Crippen LogP) is 4.25. The lowest BCUT2D eigenvalue weighted by atomic mass is 9.95. The highest BCUT2D eigenvalue weighted by Gasteiger charge is 2.26. The number of hydrogen-bond donors (Lipinski definition) is 1. The maximum Gasteiger partial charge on any atom is 0.193 e. The number of nitrogens with zero attached hydrogens (tertiary/aromatic N) is 3. The zero-order chi connectivity index (χ0) is 18.4. The Morgan fingerprint density at radius 1 is 1.11 bits per heavy atom. The Labute approximate surface area is 154 Å². The molecule has 2 aromatic heterocycles. The largest absolute Gasteiger partial charge is 0.454 e. The molecule has 1 saturated heterocycles. The van der Waals surface area contributed by atoms with E-state index >= 15 is 0 Å². The second-order valence-electron chi connectivity index (χ2n) is 6.66. The Hall–Kier alpha value is -3.06. The van der Waals surface area contributed by atoms with E-state index in [-0.39, 0.29) is 17.2 Å². The third-order valence-electron chi connectivity index (χ3n) is 4.87. The van der Waals surface area contributed by atoms with Crippen molar-refractivity contribution in [2.24, 2.45) is 0 Å². The summed E-state index contributed by atoms with van der Waals surface area (Å²) < 4.78 is 26.5. The first-order chi connectivity index (χ1) is 13.2. The van der Waals surface area contributed by atoms with Crippen LogP contribution in [0.3, 0.4) is 0 Å². The van der Waals surface area contributed by atoms with E-state index in [1.807, 2.05) is 12.1 Å². The van der Waals surface area contributed by atoms with Crippen molar-refractivity contribution >= 4 is 22.1 Å². The summed E-state index contributed by atoms with van der Waals surface area (Å²) in [5.74, 6) is 1.02. The van der Waals surface area contributed by atoms with Crippen molar-refractivity contribution in [2.45, 2.75) is 19.3 Å². The molecule has 6 nitrogen and oxygen atoms in total. The smallest absolute Gasteiger partial charge is 0.193 e. The second-order valence-corrected chi connectivity index (χ2v) is 6.66. The molecule has 1 atom stereocenters. The summed E-state index contributed by atoms with van der Waals surface area (Å²) in [6.45, 7) is 3.07. The van der Waals surface area contributed by atoms with Crippen LogP contribution >= 0.6 is 0 Å². The van der Waals surface area contributed by atoms with Crippen molar-refractivity contribution in [3.8, 4) is 11.5 Å². The van der Waals surface area contributed by atoms with Gasteiger partial charge in [0.15, 0.2) is 11.6 Å². The van der Waals surface area contributed by atoms with Crippen LogP contribution in [-0.4, -0.2) is 33.1 Å². The van der Waals surface area contributed by atoms with Crippen LogP contribution in [0.25, 0.3) is 22.1 Å².